The van der Waals surface area contributed by atoms with Gasteiger partial charge in [-0.15, -0.1) is 0 Å². The summed E-state index contributed by atoms with van der Waals surface area (Å²) in [6.45, 7) is 4.06. The Labute approximate surface area is 228 Å². The molecule has 194 valence electrons. The number of aryl methyl sites for hydroxylation is 1. The zero-order valence-corrected chi connectivity index (χ0v) is 22.0. The van der Waals surface area contributed by atoms with Crippen LogP contribution in [0.2, 0.25) is 10.0 Å². The minimum atomic E-state index is -0.714. The van der Waals surface area contributed by atoms with Crippen LogP contribution in [0, 0.1) is 0 Å². The molecule has 0 fully saturated rings. The average Bonchev–Trinajstić information content (AvgIpc) is 2.92. The molecule has 2 N–H and O–H groups in total. The van der Waals surface area contributed by atoms with E-state index in [9.17, 15) is 14.4 Å². The number of nitrogens with one attached hydrogen (secondary N) is 2. The molecule has 11 heteroatoms. The van der Waals surface area contributed by atoms with Crippen molar-refractivity contribution in [3.63, 3.8) is 0 Å². The lowest BCUT2D eigenvalue weighted by atomic mass is 9.97. The summed E-state index contributed by atoms with van der Waals surface area (Å²) in [5, 5.41) is 9.85. The van der Waals surface area contributed by atoms with Gasteiger partial charge in [-0.2, -0.15) is 5.10 Å². The van der Waals surface area contributed by atoms with Gasteiger partial charge in [0.25, 0.3) is 5.56 Å². The van der Waals surface area contributed by atoms with Crippen LogP contribution in [0.3, 0.4) is 0 Å². The summed E-state index contributed by atoms with van der Waals surface area (Å²) in [6.07, 6.45) is 2.68. The number of halogens is 2. The number of rotatable bonds is 7. The van der Waals surface area contributed by atoms with E-state index in [1.165, 1.54) is 23.1 Å². The van der Waals surface area contributed by atoms with Crippen LogP contribution in [0.5, 0.6) is 0 Å². The molecule has 0 aliphatic carbocycles. The van der Waals surface area contributed by atoms with Gasteiger partial charge in [0.05, 0.1) is 33.6 Å². The van der Waals surface area contributed by atoms with E-state index in [4.69, 9.17) is 27.9 Å². The number of hydrogen-bond acceptors (Lipinski definition) is 6. The number of ether oxygens (including phenoxy) is 1. The zero-order valence-electron chi connectivity index (χ0n) is 20.5. The highest BCUT2D eigenvalue weighted by molar-refractivity contribution is 6.39. The van der Waals surface area contributed by atoms with E-state index in [0.717, 1.165) is 5.56 Å². The summed E-state index contributed by atoms with van der Waals surface area (Å²) >= 11 is 12.2. The molecule has 0 atom stereocenters. The summed E-state index contributed by atoms with van der Waals surface area (Å²) in [4.78, 5) is 42.0. The lowest BCUT2D eigenvalue weighted by Crippen LogP contribution is -2.29. The van der Waals surface area contributed by atoms with Gasteiger partial charge in [0.2, 0.25) is 0 Å². The number of amides is 2. The highest BCUT2D eigenvalue weighted by Gasteiger charge is 2.17. The first-order valence-corrected chi connectivity index (χ1v) is 12.4. The van der Waals surface area contributed by atoms with E-state index < -0.39 is 17.6 Å². The fraction of sp³-hybridized carbons (Fsp3) is 0.148. The van der Waals surface area contributed by atoms with Crippen LogP contribution in [-0.4, -0.2) is 33.4 Å². The van der Waals surface area contributed by atoms with Gasteiger partial charge in [-0.3, -0.25) is 9.78 Å². The van der Waals surface area contributed by atoms with Gasteiger partial charge < -0.3 is 15.4 Å². The number of nitrogens with zero attached hydrogens (tertiary/aromatic N) is 3. The number of carbonyl (C=O) groups excluding carboxylic acids is 2. The van der Waals surface area contributed by atoms with Crippen molar-refractivity contribution in [2.24, 2.45) is 0 Å². The molecule has 9 nitrogen and oxygen atoms in total. The molecule has 0 unspecified atom stereocenters. The van der Waals surface area contributed by atoms with Gasteiger partial charge in [-0.1, -0.05) is 59.6 Å². The third-order valence-electron chi connectivity index (χ3n) is 5.51. The summed E-state index contributed by atoms with van der Waals surface area (Å²) < 4.78 is 6.45. The molecule has 4 rings (SSSR count). The van der Waals surface area contributed by atoms with Crippen LogP contribution in [0.25, 0.3) is 22.4 Å². The largest absolute Gasteiger partial charge is 0.462 e. The summed E-state index contributed by atoms with van der Waals surface area (Å²) in [6, 6.07) is 15.3. The van der Waals surface area contributed by atoms with Gasteiger partial charge in [0.1, 0.15) is 5.69 Å². The molecule has 0 saturated heterocycles. The summed E-state index contributed by atoms with van der Waals surface area (Å²) in [7, 11) is 0. The van der Waals surface area contributed by atoms with E-state index in [1.807, 2.05) is 36.4 Å². The number of pyridine rings is 1. The first kappa shape index (κ1) is 26.8. The Kier molecular flexibility index (Phi) is 8.40. The zero-order chi connectivity index (χ0) is 27.2. The number of urea groups is 1. The van der Waals surface area contributed by atoms with E-state index in [2.05, 4.69) is 20.7 Å². The van der Waals surface area contributed by atoms with E-state index in [-0.39, 0.29) is 34.6 Å². The number of aromatic nitrogens is 3. The maximum Gasteiger partial charge on any atom is 0.338 e. The van der Waals surface area contributed by atoms with Gasteiger partial charge in [-0.25, -0.2) is 14.3 Å². The quantitative estimate of drug-likeness (QED) is 0.267. The first-order valence-electron chi connectivity index (χ1n) is 11.7. The molecule has 0 aliphatic heterocycles. The molecule has 0 spiro atoms. The van der Waals surface area contributed by atoms with Crippen molar-refractivity contribution >= 4 is 46.6 Å². The molecule has 2 aromatic heterocycles. The molecule has 2 heterocycles. The Morgan fingerprint density at radius 3 is 2.37 bits per heavy atom. The normalized spacial score (nSPS) is 10.6. The van der Waals surface area contributed by atoms with Crippen LogP contribution in [0.1, 0.15) is 24.2 Å². The second-order valence-electron chi connectivity index (χ2n) is 7.97. The average molecular weight is 552 g/mol. The van der Waals surface area contributed by atoms with Crippen molar-refractivity contribution in [3.05, 3.63) is 93.0 Å². The minimum absolute atomic E-state index is 0.00739. The highest BCUT2D eigenvalue weighted by atomic mass is 35.5. The third-order valence-corrected chi connectivity index (χ3v) is 6.08. The molecule has 0 radical (unpaired) electrons. The Morgan fingerprint density at radius 2 is 1.66 bits per heavy atom. The maximum absolute atomic E-state index is 12.9. The predicted molar refractivity (Wildman–Crippen MR) is 148 cm³/mol. The van der Waals surface area contributed by atoms with Crippen LogP contribution >= 0.6 is 23.2 Å². The smallest absolute Gasteiger partial charge is 0.338 e. The lowest BCUT2D eigenvalue weighted by Gasteiger charge is -2.13. The molecule has 0 bridgehead atoms. The Bertz CT molecular complexity index is 1550. The number of benzene rings is 2. The van der Waals surface area contributed by atoms with Gasteiger partial charge >= 0.3 is 12.0 Å². The standard InChI is InChI=1S/C27H23Cl2N5O4/c1-3-34-25(35)23(31-27(37)32-24-20(28)14-30-15-21(24)29)13-22(33-34)17-9-7-8-16(12-17)18-10-5-6-11-19(18)26(36)38-4-2/h5-15H,3-4H2,1-2H3,(H2,30,31,32,37). The number of anilines is 2. The van der Waals surface area contributed by atoms with Crippen LogP contribution in [0.15, 0.2) is 71.8 Å². The maximum atomic E-state index is 12.9. The molecular formula is C27H23Cl2N5O4. The molecule has 0 saturated carbocycles. The van der Waals surface area contributed by atoms with Crippen LogP contribution in [0.4, 0.5) is 16.2 Å². The van der Waals surface area contributed by atoms with Crippen LogP contribution < -0.4 is 16.2 Å². The van der Waals surface area contributed by atoms with Gasteiger partial charge in [0, 0.05) is 24.5 Å². The van der Waals surface area contributed by atoms with E-state index in [1.54, 1.807) is 26.0 Å². The Hall–Kier alpha value is -4.21. The van der Waals surface area contributed by atoms with Gasteiger partial charge in [0.15, 0.2) is 0 Å². The second kappa shape index (κ2) is 11.9. The topological polar surface area (TPSA) is 115 Å². The van der Waals surface area contributed by atoms with Crippen molar-refractivity contribution in [1.82, 2.24) is 14.8 Å². The van der Waals surface area contributed by atoms with Crippen molar-refractivity contribution in [2.45, 2.75) is 20.4 Å². The summed E-state index contributed by atoms with van der Waals surface area (Å²) in [5.41, 5.74) is 2.69. The number of carbonyl (C=O) groups is 2. The fourth-order valence-electron chi connectivity index (χ4n) is 3.75. The van der Waals surface area contributed by atoms with Crippen LogP contribution in [-0.2, 0) is 11.3 Å². The number of esters is 1. The number of hydrogen-bond donors (Lipinski definition) is 2. The molecule has 38 heavy (non-hydrogen) atoms. The highest BCUT2D eigenvalue weighted by Crippen LogP contribution is 2.30. The third kappa shape index (κ3) is 5.85. The predicted octanol–water partition coefficient (Wildman–Crippen LogP) is 6.12. The van der Waals surface area contributed by atoms with Crippen molar-refractivity contribution in [2.75, 3.05) is 17.2 Å². The molecular weight excluding hydrogens is 529 g/mol. The first-order chi connectivity index (χ1) is 18.3. The monoisotopic (exact) mass is 551 g/mol. The second-order valence-corrected chi connectivity index (χ2v) is 8.78. The minimum Gasteiger partial charge on any atom is -0.462 e. The Balaban J connectivity index is 1.70. The lowest BCUT2D eigenvalue weighted by molar-refractivity contribution is 0.0527. The fourth-order valence-corrected chi connectivity index (χ4v) is 4.21. The van der Waals surface area contributed by atoms with Crippen molar-refractivity contribution in [1.29, 1.82) is 0 Å². The molecule has 0 aliphatic rings. The summed E-state index contributed by atoms with van der Waals surface area (Å²) in [5.74, 6) is -0.418. The Morgan fingerprint density at radius 1 is 0.947 bits per heavy atom. The molecule has 4 aromatic rings. The molecule has 2 aromatic carbocycles. The SMILES string of the molecule is CCOC(=O)c1ccccc1-c1cccc(-c2cc(NC(=O)Nc3c(Cl)cncc3Cl)c(=O)n(CC)n2)c1. The van der Waals surface area contributed by atoms with Crippen molar-refractivity contribution < 1.29 is 14.3 Å². The van der Waals surface area contributed by atoms with Gasteiger partial charge in [-0.05, 0) is 43.2 Å². The van der Waals surface area contributed by atoms with E-state index >= 15 is 0 Å². The molecule has 2 amide bonds. The van der Waals surface area contributed by atoms with E-state index in [0.29, 0.717) is 22.4 Å². The van der Waals surface area contributed by atoms with Crippen molar-refractivity contribution in [3.8, 4) is 22.4 Å².